The number of nitrogens with zero attached hydrogens (tertiary/aromatic N) is 2. The van der Waals surface area contributed by atoms with Crippen LogP contribution in [0.1, 0.15) is 17.7 Å². The van der Waals surface area contributed by atoms with Gasteiger partial charge in [-0.25, -0.2) is 4.98 Å². The molecule has 28 heavy (non-hydrogen) atoms. The van der Waals surface area contributed by atoms with Gasteiger partial charge in [0.25, 0.3) is 5.56 Å². The fraction of sp³-hybridized carbons (Fsp3) is 0.421. The number of rotatable bonds is 5. The van der Waals surface area contributed by atoms with Crippen LogP contribution in [0.5, 0.6) is 11.5 Å². The van der Waals surface area contributed by atoms with Gasteiger partial charge in [-0.1, -0.05) is 0 Å². The van der Waals surface area contributed by atoms with E-state index in [1.807, 2.05) is 4.90 Å². The maximum atomic E-state index is 12.5. The van der Waals surface area contributed by atoms with Gasteiger partial charge in [0, 0.05) is 42.5 Å². The first-order valence-electron chi connectivity index (χ1n) is 9.22. The molecule has 4 rings (SSSR count). The minimum absolute atomic E-state index is 0.178. The van der Waals surface area contributed by atoms with Gasteiger partial charge in [-0.05, 0) is 25.5 Å². The molecule has 0 radical (unpaired) electrons. The van der Waals surface area contributed by atoms with Crippen molar-refractivity contribution in [2.75, 3.05) is 43.3 Å². The molecule has 1 aromatic heterocycles. The van der Waals surface area contributed by atoms with Crippen LogP contribution in [0.15, 0.2) is 23.0 Å². The van der Waals surface area contributed by atoms with Gasteiger partial charge < -0.3 is 24.4 Å². The lowest BCUT2D eigenvalue weighted by molar-refractivity contribution is -0.116. The van der Waals surface area contributed by atoms with Gasteiger partial charge in [-0.3, -0.25) is 14.6 Å². The molecule has 2 aromatic rings. The molecular weight excluding hydrogens is 364 g/mol. The maximum absolute atomic E-state index is 12.5. The zero-order valence-electron chi connectivity index (χ0n) is 15.6. The average Bonchev–Trinajstić information content (AvgIpc) is 3.15. The molecule has 1 aromatic carbocycles. The third kappa shape index (κ3) is 3.94. The third-order valence-corrected chi connectivity index (χ3v) is 4.78. The van der Waals surface area contributed by atoms with Crippen LogP contribution in [0.4, 0.5) is 11.6 Å². The van der Waals surface area contributed by atoms with E-state index in [-0.39, 0.29) is 24.7 Å². The van der Waals surface area contributed by atoms with Gasteiger partial charge in [0.15, 0.2) is 11.5 Å². The molecule has 2 aliphatic heterocycles. The van der Waals surface area contributed by atoms with Gasteiger partial charge in [-0.15, -0.1) is 0 Å². The number of aromatic nitrogens is 2. The first kappa shape index (κ1) is 18.3. The first-order chi connectivity index (χ1) is 13.6. The summed E-state index contributed by atoms with van der Waals surface area (Å²) in [6.45, 7) is 4.60. The molecular formula is C19H22N4O5. The average molecular weight is 386 g/mol. The number of hydrogen-bond acceptors (Lipinski definition) is 7. The smallest absolute Gasteiger partial charge is 0.255 e. The van der Waals surface area contributed by atoms with Gasteiger partial charge in [0.05, 0.1) is 13.2 Å². The summed E-state index contributed by atoms with van der Waals surface area (Å²) in [4.78, 5) is 34.1. The molecule has 0 unspecified atom stereocenters. The van der Waals surface area contributed by atoms with E-state index < -0.39 is 0 Å². The third-order valence-electron chi connectivity index (χ3n) is 4.78. The van der Waals surface area contributed by atoms with E-state index in [2.05, 4.69) is 15.3 Å². The van der Waals surface area contributed by atoms with Crippen molar-refractivity contribution in [3.05, 3.63) is 39.8 Å². The Hall–Kier alpha value is -3.07. The summed E-state index contributed by atoms with van der Waals surface area (Å²) >= 11 is 0. The van der Waals surface area contributed by atoms with Crippen molar-refractivity contribution in [3.8, 4) is 11.5 Å². The molecule has 0 atom stereocenters. The number of hydrogen-bond donors (Lipinski definition) is 2. The zero-order valence-corrected chi connectivity index (χ0v) is 15.6. The van der Waals surface area contributed by atoms with Gasteiger partial charge in [0.1, 0.15) is 0 Å². The van der Waals surface area contributed by atoms with E-state index in [0.717, 1.165) is 0 Å². The van der Waals surface area contributed by atoms with Crippen molar-refractivity contribution < 1.29 is 19.0 Å². The lowest BCUT2D eigenvalue weighted by Crippen LogP contribution is -2.38. The Labute approximate surface area is 161 Å². The number of benzene rings is 1. The largest absolute Gasteiger partial charge is 0.454 e. The summed E-state index contributed by atoms with van der Waals surface area (Å²) in [5.41, 5.74) is 1.59. The Morgan fingerprint density at radius 1 is 1.25 bits per heavy atom. The molecule has 2 N–H and O–H groups in total. The number of aromatic amines is 1. The summed E-state index contributed by atoms with van der Waals surface area (Å²) in [6.07, 6.45) is 0.491. The zero-order chi connectivity index (χ0) is 19.5. The highest BCUT2D eigenvalue weighted by Gasteiger charge is 2.17. The normalized spacial score (nSPS) is 15.5. The van der Waals surface area contributed by atoms with E-state index in [0.29, 0.717) is 67.1 Å². The molecule has 0 saturated carbocycles. The number of amides is 1. The van der Waals surface area contributed by atoms with Crippen LogP contribution in [-0.4, -0.2) is 49.0 Å². The Balaban J connectivity index is 1.38. The Kier molecular flexibility index (Phi) is 5.16. The Morgan fingerprint density at radius 3 is 2.82 bits per heavy atom. The highest BCUT2D eigenvalue weighted by atomic mass is 16.7. The van der Waals surface area contributed by atoms with Gasteiger partial charge in [-0.2, -0.15) is 0 Å². The molecule has 1 amide bonds. The maximum Gasteiger partial charge on any atom is 0.255 e. The van der Waals surface area contributed by atoms with E-state index >= 15 is 0 Å². The Bertz CT molecular complexity index is 936. The summed E-state index contributed by atoms with van der Waals surface area (Å²) in [6, 6.07) is 5.22. The summed E-state index contributed by atoms with van der Waals surface area (Å²) in [7, 11) is 0. The number of fused-ring (bicyclic) bond motifs is 1. The van der Waals surface area contributed by atoms with Crippen LogP contribution in [0.2, 0.25) is 0 Å². The van der Waals surface area contributed by atoms with Crippen LogP contribution >= 0.6 is 0 Å². The van der Waals surface area contributed by atoms with Crippen molar-refractivity contribution in [1.29, 1.82) is 0 Å². The molecule has 148 valence electrons. The van der Waals surface area contributed by atoms with Crippen molar-refractivity contribution in [2.24, 2.45) is 0 Å². The fourth-order valence-corrected chi connectivity index (χ4v) is 3.25. The van der Waals surface area contributed by atoms with Crippen LogP contribution in [0.25, 0.3) is 0 Å². The van der Waals surface area contributed by atoms with Crippen molar-refractivity contribution in [1.82, 2.24) is 9.97 Å². The predicted molar refractivity (Wildman–Crippen MR) is 102 cm³/mol. The summed E-state index contributed by atoms with van der Waals surface area (Å²) < 4.78 is 15.9. The number of H-pyrrole nitrogens is 1. The van der Waals surface area contributed by atoms with Crippen LogP contribution in [-0.2, 0) is 16.0 Å². The highest BCUT2D eigenvalue weighted by molar-refractivity contribution is 5.91. The minimum Gasteiger partial charge on any atom is -0.454 e. The fourth-order valence-electron chi connectivity index (χ4n) is 3.25. The minimum atomic E-state index is -0.204. The number of carbonyl (C=O) groups excluding carboxylic acids is 1. The van der Waals surface area contributed by atoms with E-state index in [1.165, 1.54) is 0 Å². The first-order valence-corrected chi connectivity index (χ1v) is 9.22. The van der Waals surface area contributed by atoms with Crippen molar-refractivity contribution in [3.63, 3.8) is 0 Å². The van der Waals surface area contributed by atoms with Crippen LogP contribution < -0.4 is 25.2 Å². The van der Waals surface area contributed by atoms with Gasteiger partial charge in [0.2, 0.25) is 18.6 Å². The second kappa shape index (κ2) is 7.89. The number of ether oxygens (including phenoxy) is 3. The van der Waals surface area contributed by atoms with E-state index in [9.17, 15) is 9.59 Å². The topological polar surface area (TPSA) is 106 Å². The predicted octanol–water partition coefficient (Wildman–Crippen LogP) is 1.21. The number of nitrogens with one attached hydrogen (secondary N) is 2. The van der Waals surface area contributed by atoms with Crippen LogP contribution in [0.3, 0.4) is 0 Å². The molecule has 0 spiro atoms. The molecule has 9 heteroatoms. The molecule has 3 heterocycles. The van der Waals surface area contributed by atoms with E-state index in [4.69, 9.17) is 14.2 Å². The second-order valence-electron chi connectivity index (χ2n) is 6.67. The summed E-state index contributed by atoms with van der Waals surface area (Å²) in [5.74, 6) is 1.63. The highest BCUT2D eigenvalue weighted by Crippen LogP contribution is 2.34. The van der Waals surface area contributed by atoms with Crippen LogP contribution in [0, 0.1) is 6.92 Å². The number of carbonyl (C=O) groups is 1. The van der Waals surface area contributed by atoms with Crippen molar-refractivity contribution >= 4 is 17.5 Å². The Morgan fingerprint density at radius 2 is 2.04 bits per heavy atom. The van der Waals surface area contributed by atoms with Crippen molar-refractivity contribution in [2.45, 2.75) is 19.8 Å². The van der Waals surface area contributed by atoms with Gasteiger partial charge >= 0.3 is 0 Å². The number of aryl methyl sites for hydroxylation is 1. The second-order valence-corrected chi connectivity index (χ2v) is 6.67. The molecule has 1 saturated heterocycles. The molecule has 0 aliphatic carbocycles. The lowest BCUT2D eigenvalue weighted by atomic mass is 10.1. The molecule has 0 bridgehead atoms. The molecule has 2 aliphatic rings. The lowest BCUT2D eigenvalue weighted by Gasteiger charge is -2.27. The SMILES string of the molecule is Cc1nc(N2CCOCC2)[nH]c(=O)c1CCC(=O)Nc1ccc2c(c1)OCO2. The number of anilines is 2. The van der Waals surface area contributed by atoms with E-state index in [1.54, 1.807) is 25.1 Å². The quantitative estimate of drug-likeness (QED) is 0.796. The standard InChI is InChI=1S/C19H22N4O5/c1-12-14(18(25)22-19(20-12)23-6-8-26-9-7-23)3-5-17(24)21-13-2-4-15-16(10-13)28-11-27-15/h2,4,10H,3,5-9,11H2,1H3,(H,21,24)(H,20,22,25). The number of morpholine rings is 1. The summed E-state index contributed by atoms with van der Waals surface area (Å²) in [5, 5.41) is 2.81. The monoisotopic (exact) mass is 386 g/mol. The molecule has 9 nitrogen and oxygen atoms in total. The molecule has 1 fully saturated rings.